The number of nitrogens with one attached hydrogen (secondary N) is 1. The molecule has 3 rings (SSSR count). The normalized spacial score (nSPS) is 17.0. The third-order valence-electron chi connectivity index (χ3n) is 4.03. The Kier molecular flexibility index (Phi) is 4.43. The highest BCUT2D eigenvalue weighted by atomic mass is 32.2. The Morgan fingerprint density at radius 3 is 2.56 bits per heavy atom. The quantitative estimate of drug-likeness (QED) is 0.576. The summed E-state index contributed by atoms with van der Waals surface area (Å²) >= 11 is 0. The topological polar surface area (TPSA) is 136 Å². The molecule has 0 saturated heterocycles. The molecule has 1 aromatic heterocycles. The second-order valence-corrected chi connectivity index (χ2v) is 7.54. The second kappa shape index (κ2) is 6.46. The van der Waals surface area contributed by atoms with Gasteiger partial charge >= 0.3 is 6.01 Å². The molecule has 1 aliphatic rings. The van der Waals surface area contributed by atoms with Gasteiger partial charge in [0.05, 0.1) is 17.7 Å². The minimum Gasteiger partial charge on any atom is -0.467 e. The molecule has 0 saturated carbocycles. The van der Waals surface area contributed by atoms with Crippen LogP contribution in [0.25, 0.3) is 0 Å². The summed E-state index contributed by atoms with van der Waals surface area (Å²) in [4.78, 5) is 25.1. The van der Waals surface area contributed by atoms with Crippen LogP contribution in [-0.2, 0) is 21.7 Å². The van der Waals surface area contributed by atoms with Crippen LogP contribution >= 0.6 is 0 Å². The lowest BCUT2D eigenvalue weighted by atomic mass is 10.1. The minimum absolute atomic E-state index is 0.0771. The van der Waals surface area contributed by atoms with Gasteiger partial charge in [-0.3, -0.25) is 14.2 Å². The number of hydrogen-bond acceptors (Lipinski definition) is 9. The van der Waals surface area contributed by atoms with E-state index < -0.39 is 20.8 Å². The van der Waals surface area contributed by atoms with Gasteiger partial charge in [0.25, 0.3) is 5.91 Å². The summed E-state index contributed by atoms with van der Waals surface area (Å²) in [6, 6.07) is 4.28. The van der Waals surface area contributed by atoms with Crippen molar-refractivity contribution < 1.29 is 22.7 Å². The van der Waals surface area contributed by atoms with E-state index in [0.717, 1.165) is 4.90 Å². The highest BCUT2D eigenvalue weighted by Crippen LogP contribution is 2.32. The van der Waals surface area contributed by atoms with Gasteiger partial charge in [0.15, 0.2) is 5.78 Å². The Hall–Kier alpha value is -3.28. The summed E-state index contributed by atoms with van der Waals surface area (Å²) < 4.78 is 32.1. The lowest BCUT2D eigenvalue weighted by Gasteiger charge is -2.26. The molecule has 1 aliphatic heterocycles. The summed E-state index contributed by atoms with van der Waals surface area (Å²) in [6.45, 7) is 1.32. The number of carbonyl (C=O) groups excluding carboxylic acids is 2. The van der Waals surface area contributed by atoms with Crippen molar-refractivity contribution in [1.29, 1.82) is 0 Å². The molecular weight excluding hydrogens is 376 g/mol. The largest absolute Gasteiger partial charge is 0.467 e. The van der Waals surface area contributed by atoms with Gasteiger partial charge in [0.2, 0.25) is 20.8 Å². The molecule has 142 valence electrons. The van der Waals surface area contributed by atoms with Crippen molar-refractivity contribution in [2.75, 3.05) is 24.5 Å². The Balaban J connectivity index is 2.09. The number of hydrazone groups is 1. The van der Waals surface area contributed by atoms with Crippen LogP contribution in [0.15, 0.2) is 28.2 Å². The molecule has 2 heterocycles. The summed E-state index contributed by atoms with van der Waals surface area (Å²) in [5.74, 6) is -1.04. The summed E-state index contributed by atoms with van der Waals surface area (Å²) in [5, 5.41) is 10.5. The number of amides is 1. The molecule has 27 heavy (non-hydrogen) atoms. The number of rotatable bonds is 4. The van der Waals surface area contributed by atoms with Crippen molar-refractivity contribution in [3.05, 3.63) is 23.8 Å². The predicted octanol–water partition coefficient (Wildman–Crippen LogP) is 0.202. The second-order valence-electron chi connectivity index (χ2n) is 5.70. The summed E-state index contributed by atoms with van der Waals surface area (Å²) in [7, 11) is 0.138. The molecule has 0 bridgehead atoms. The van der Waals surface area contributed by atoms with E-state index in [0.29, 0.717) is 0 Å². The first kappa shape index (κ1) is 18.5. The fraction of sp³-hybridized carbons (Fsp3) is 0.267. The third kappa shape index (κ3) is 2.93. The minimum atomic E-state index is -4.25. The lowest BCUT2D eigenvalue weighted by molar-refractivity contribution is -0.112. The average molecular weight is 392 g/mol. The van der Waals surface area contributed by atoms with Gasteiger partial charge in [0.1, 0.15) is 0 Å². The van der Waals surface area contributed by atoms with Gasteiger partial charge in [0, 0.05) is 19.7 Å². The van der Waals surface area contributed by atoms with Crippen LogP contribution in [0.1, 0.15) is 17.3 Å². The molecule has 11 nitrogen and oxygen atoms in total. The summed E-state index contributed by atoms with van der Waals surface area (Å²) in [6.07, 6.45) is 0. The van der Waals surface area contributed by atoms with Crippen molar-refractivity contribution in [1.82, 2.24) is 14.8 Å². The Morgan fingerprint density at radius 2 is 1.96 bits per heavy atom. The maximum absolute atomic E-state index is 12.9. The number of methoxy groups -OCH3 is 1. The van der Waals surface area contributed by atoms with Crippen molar-refractivity contribution in [2.45, 2.75) is 11.8 Å². The van der Waals surface area contributed by atoms with E-state index in [1.54, 1.807) is 7.05 Å². The number of anilines is 2. The molecule has 0 aliphatic carbocycles. The van der Waals surface area contributed by atoms with Crippen LogP contribution in [0.4, 0.5) is 11.6 Å². The monoisotopic (exact) mass is 392 g/mol. The Bertz CT molecular complexity index is 1090. The van der Waals surface area contributed by atoms with Crippen molar-refractivity contribution in [3.63, 3.8) is 0 Å². The van der Waals surface area contributed by atoms with E-state index in [-0.39, 0.29) is 33.9 Å². The first-order valence-corrected chi connectivity index (χ1v) is 9.12. The SMILES string of the molecule is COc1nnc(NN=C2C(=O)N(C)c3ccc(C(C)=O)cc3S2(=O)=O)n1C. The zero-order valence-electron chi connectivity index (χ0n) is 14.9. The van der Waals surface area contributed by atoms with E-state index in [9.17, 15) is 18.0 Å². The zero-order valence-corrected chi connectivity index (χ0v) is 15.7. The van der Waals surface area contributed by atoms with E-state index in [1.165, 1.54) is 43.8 Å². The van der Waals surface area contributed by atoms with Gasteiger partial charge in [-0.2, -0.15) is 5.10 Å². The third-order valence-corrected chi connectivity index (χ3v) is 5.72. The number of ketones is 1. The van der Waals surface area contributed by atoms with Gasteiger partial charge < -0.3 is 9.64 Å². The molecule has 0 radical (unpaired) electrons. The fourth-order valence-corrected chi connectivity index (χ4v) is 4.00. The average Bonchev–Trinajstić information content (AvgIpc) is 2.99. The molecule has 1 N–H and O–H groups in total. The molecule has 0 fully saturated rings. The van der Waals surface area contributed by atoms with Crippen LogP contribution in [-0.4, -0.2) is 54.1 Å². The van der Waals surface area contributed by atoms with Gasteiger partial charge in [-0.05, 0) is 25.1 Å². The highest BCUT2D eigenvalue weighted by molar-refractivity contribution is 8.08. The number of carbonyl (C=O) groups is 2. The van der Waals surface area contributed by atoms with Crippen LogP contribution < -0.4 is 15.1 Å². The molecular formula is C15H16N6O5S. The molecule has 0 unspecified atom stereocenters. The summed E-state index contributed by atoms with van der Waals surface area (Å²) in [5.41, 5.74) is 2.80. The van der Waals surface area contributed by atoms with E-state index in [1.807, 2.05) is 0 Å². The number of sulfone groups is 1. The van der Waals surface area contributed by atoms with Crippen LogP contribution in [0.2, 0.25) is 0 Å². The van der Waals surface area contributed by atoms with Gasteiger partial charge in [-0.25, -0.2) is 13.8 Å². The van der Waals surface area contributed by atoms with E-state index >= 15 is 0 Å². The van der Waals surface area contributed by atoms with Gasteiger partial charge in [-0.15, -0.1) is 5.10 Å². The predicted molar refractivity (Wildman–Crippen MR) is 95.7 cm³/mol. The van der Waals surface area contributed by atoms with Gasteiger partial charge in [-0.1, -0.05) is 5.10 Å². The number of fused-ring (bicyclic) bond motifs is 1. The number of ether oxygens (including phenoxy) is 1. The lowest BCUT2D eigenvalue weighted by Crippen LogP contribution is -2.43. The van der Waals surface area contributed by atoms with Crippen molar-refractivity contribution in [2.24, 2.45) is 12.1 Å². The van der Waals surface area contributed by atoms with Crippen LogP contribution in [0.3, 0.4) is 0 Å². The van der Waals surface area contributed by atoms with Crippen LogP contribution in [0, 0.1) is 0 Å². The number of benzene rings is 1. The molecule has 1 aromatic carbocycles. The fourth-order valence-electron chi connectivity index (χ4n) is 2.50. The number of hydrogen-bond donors (Lipinski definition) is 1. The first-order valence-electron chi connectivity index (χ1n) is 7.63. The standard InChI is InChI=1S/C15H16N6O5S/c1-8(22)9-5-6-10-11(7-9)27(24,25)12(13(23)20(10)2)16-17-14-18-19-15(26-4)21(14)3/h5-7H,1-4H3,(H,17,18). The molecule has 2 aromatic rings. The number of nitrogens with zero attached hydrogens (tertiary/aromatic N) is 5. The Morgan fingerprint density at radius 1 is 1.26 bits per heavy atom. The van der Waals surface area contributed by atoms with E-state index in [2.05, 4.69) is 20.7 Å². The van der Waals surface area contributed by atoms with E-state index in [4.69, 9.17) is 4.74 Å². The molecule has 1 amide bonds. The Labute approximate surface area is 154 Å². The zero-order chi connectivity index (χ0) is 19.9. The molecule has 0 atom stereocenters. The first-order chi connectivity index (χ1) is 12.7. The molecule has 12 heteroatoms. The molecule has 0 spiro atoms. The maximum Gasteiger partial charge on any atom is 0.317 e. The number of aromatic nitrogens is 3. The smallest absolute Gasteiger partial charge is 0.317 e. The highest BCUT2D eigenvalue weighted by Gasteiger charge is 2.40. The number of Topliss-reactive ketones (excluding diaryl/α,β-unsaturated/α-hetero) is 1. The van der Waals surface area contributed by atoms with Crippen molar-refractivity contribution >= 4 is 38.2 Å². The van der Waals surface area contributed by atoms with Crippen molar-refractivity contribution in [3.8, 4) is 6.01 Å². The van der Waals surface area contributed by atoms with Crippen LogP contribution in [0.5, 0.6) is 6.01 Å². The maximum atomic E-state index is 12.9.